The SMILES string of the molecule is COc1cc(C2=NC(C)C(=O)N2)cc(Cl)c1OC. The van der Waals surface area contributed by atoms with Gasteiger partial charge in [-0.25, -0.2) is 0 Å². The number of halogens is 1. The van der Waals surface area contributed by atoms with Crippen LogP contribution in [0.3, 0.4) is 0 Å². The summed E-state index contributed by atoms with van der Waals surface area (Å²) in [4.78, 5) is 15.6. The van der Waals surface area contributed by atoms with E-state index in [1.807, 2.05) is 0 Å². The van der Waals surface area contributed by atoms with Gasteiger partial charge in [-0.1, -0.05) is 11.6 Å². The van der Waals surface area contributed by atoms with Crippen LogP contribution in [0.25, 0.3) is 0 Å². The fraction of sp³-hybridized carbons (Fsp3) is 0.333. The Morgan fingerprint density at radius 3 is 2.56 bits per heavy atom. The van der Waals surface area contributed by atoms with Crippen LogP contribution < -0.4 is 14.8 Å². The standard InChI is InChI=1S/C12H13ClN2O3/c1-6-12(16)15-11(14-6)7-4-8(13)10(18-3)9(5-7)17-2/h4-6H,1-3H3,(H,14,15,16). The second-order valence-corrected chi connectivity index (χ2v) is 4.24. The second kappa shape index (κ2) is 4.86. The van der Waals surface area contributed by atoms with Crippen LogP contribution in [0.4, 0.5) is 0 Å². The third-order valence-electron chi connectivity index (χ3n) is 2.65. The highest BCUT2D eigenvalue weighted by Crippen LogP contribution is 2.36. The molecule has 18 heavy (non-hydrogen) atoms. The summed E-state index contributed by atoms with van der Waals surface area (Å²) in [6, 6.07) is 3.02. The zero-order valence-corrected chi connectivity index (χ0v) is 11.0. The van der Waals surface area contributed by atoms with Crippen LogP contribution in [0.15, 0.2) is 17.1 Å². The van der Waals surface area contributed by atoms with E-state index in [0.717, 1.165) is 0 Å². The van der Waals surface area contributed by atoms with E-state index in [9.17, 15) is 4.79 Å². The molecule has 6 heteroatoms. The van der Waals surface area contributed by atoms with Crippen LogP contribution in [0.2, 0.25) is 5.02 Å². The van der Waals surface area contributed by atoms with E-state index in [1.54, 1.807) is 19.1 Å². The van der Waals surface area contributed by atoms with Crippen LogP contribution in [0.1, 0.15) is 12.5 Å². The minimum Gasteiger partial charge on any atom is -0.493 e. The number of rotatable bonds is 3. The number of amidine groups is 1. The van der Waals surface area contributed by atoms with Gasteiger partial charge in [-0.05, 0) is 19.1 Å². The molecule has 0 aromatic heterocycles. The van der Waals surface area contributed by atoms with Gasteiger partial charge in [0.2, 0.25) is 5.91 Å². The van der Waals surface area contributed by atoms with Gasteiger partial charge in [0.15, 0.2) is 11.5 Å². The van der Waals surface area contributed by atoms with E-state index in [2.05, 4.69) is 10.3 Å². The quantitative estimate of drug-likeness (QED) is 0.906. The Bertz CT molecular complexity index is 528. The number of methoxy groups -OCH3 is 2. The predicted octanol–water partition coefficient (Wildman–Crippen LogP) is 1.62. The summed E-state index contributed by atoms with van der Waals surface area (Å²) in [5.41, 5.74) is 0.690. The van der Waals surface area contributed by atoms with Crippen LogP contribution in [0, 0.1) is 0 Å². The maximum Gasteiger partial charge on any atom is 0.250 e. The number of aliphatic imine (C=N–C) groups is 1. The molecule has 0 radical (unpaired) electrons. The molecule has 96 valence electrons. The zero-order chi connectivity index (χ0) is 13.3. The maximum absolute atomic E-state index is 11.4. The van der Waals surface area contributed by atoms with Gasteiger partial charge in [-0.15, -0.1) is 0 Å². The Morgan fingerprint density at radius 2 is 2.06 bits per heavy atom. The predicted molar refractivity (Wildman–Crippen MR) is 68.7 cm³/mol. The lowest BCUT2D eigenvalue weighted by Crippen LogP contribution is -2.27. The number of nitrogens with zero attached hydrogens (tertiary/aromatic N) is 1. The molecule has 1 aromatic rings. The summed E-state index contributed by atoms with van der Waals surface area (Å²) in [7, 11) is 3.04. The smallest absolute Gasteiger partial charge is 0.250 e. The molecule has 1 aliphatic rings. The Labute approximate surface area is 110 Å². The fourth-order valence-electron chi connectivity index (χ4n) is 1.71. The number of carbonyl (C=O) groups excluding carboxylic acids is 1. The number of ether oxygens (including phenoxy) is 2. The van der Waals surface area contributed by atoms with Crippen LogP contribution in [-0.4, -0.2) is 32.0 Å². The topological polar surface area (TPSA) is 59.9 Å². The second-order valence-electron chi connectivity index (χ2n) is 3.84. The first kappa shape index (κ1) is 12.7. The number of nitrogens with one attached hydrogen (secondary N) is 1. The largest absolute Gasteiger partial charge is 0.493 e. The van der Waals surface area contributed by atoms with Crippen LogP contribution >= 0.6 is 11.6 Å². The van der Waals surface area contributed by atoms with Crippen molar-refractivity contribution in [3.8, 4) is 11.5 Å². The van der Waals surface area contributed by atoms with Crippen molar-refractivity contribution in [1.82, 2.24) is 5.32 Å². The van der Waals surface area contributed by atoms with Gasteiger partial charge in [0.1, 0.15) is 11.9 Å². The number of benzene rings is 1. The van der Waals surface area contributed by atoms with Crippen LogP contribution in [-0.2, 0) is 4.79 Å². The average Bonchev–Trinajstić information content (AvgIpc) is 2.68. The number of hydrogen-bond acceptors (Lipinski definition) is 4. The van der Waals surface area contributed by atoms with Gasteiger partial charge in [0, 0.05) is 5.56 Å². The Balaban J connectivity index is 2.45. The summed E-state index contributed by atoms with van der Waals surface area (Å²) in [5, 5.41) is 3.10. The molecule has 1 unspecified atom stereocenters. The molecule has 1 heterocycles. The lowest BCUT2D eigenvalue weighted by Gasteiger charge is -2.11. The summed E-state index contributed by atoms with van der Waals surface area (Å²) in [6.07, 6.45) is 0. The minimum atomic E-state index is -0.383. The Hall–Kier alpha value is -1.75. The average molecular weight is 269 g/mol. The summed E-state index contributed by atoms with van der Waals surface area (Å²) in [5.74, 6) is 1.32. The first-order valence-electron chi connectivity index (χ1n) is 5.37. The van der Waals surface area contributed by atoms with E-state index in [0.29, 0.717) is 27.9 Å². The lowest BCUT2D eigenvalue weighted by atomic mass is 10.2. The molecule has 0 fully saturated rings. The van der Waals surface area contributed by atoms with E-state index < -0.39 is 0 Å². The third kappa shape index (κ3) is 2.13. The normalized spacial score (nSPS) is 18.3. The highest BCUT2D eigenvalue weighted by Gasteiger charge is 2.24. The number of hydrogen-bond donors (Lipinski definition) is 1. The van der Waals surface area contributed by atoms with Gasteiger partial charge in [0.25, 0.3) is 0 Å². The van der Waals surface area contributed by atoms with Crippen molar-refractivity contribution in [1.29, 1.82) is 0 Å². The molecule has 1 N–H and O–H groups in total. The molecule has 5 nitrogen and oxygen atoms in total. The lowest BCUT2D eigenvalue weighted by molar-refractivity contribution is -0.119. The van der Waals surface area contributed by atoms with Gasteiger partial charge < -0.3 is 14.8 Å². The van der Waals surface area contributed by atoms with E-state index in [-0.39, 0.29) is 11.9 Å². The minimum absolute atomic E-state index is 0.129. The molecular weight excluding hydrogens is 256 g/mol. The van der Waals surface area contributed by atoms with Gasteiger partial charge in [0.05, 0.1) is 19.2 Å². The molecule has 1 aliphatic heterocycles. The Morgan fingerprint density at radius 1 is 1.33 bits per heavy atom. The highest BCUT2D eigenvalue weighted by atomic mass is 35.5. The molecule has 1 aromatic carbocycles. The summed E-state index contributed by atoms with van der Waals surface area (Å²) >= 11 is 6.09. The van der Waals surface area contributed by atoms with Crippen molar-refractivity contribution in [3.63, 3.8) is 0 Å². The fourth-order valence-corrected chi connectivity index (χ4v) is 1.99. The highest BCUT2D eigenvalue weighted by molar-refractivity contribution is 6.33. The first-order chi connectivity index (χ1) is 8.56. The van der Waals surface area contributed by atoms with E-state index in [4.69, 9.17) is 21.1 Å². The number of carbonyl (C=O) groups is 1. The number of amides is 1. The summed E-state index contributed by atoms with van der Waals surface area (Å²) < 4.78 is 10.3. The first-order valence-corrected chi connectivity index (χ1v) is 5.75. The molecule has 0 spiro atoms. The van der Waals surface area contributed by atoms with Crippen molar-refractivity contribution >= 4 is 23.3 Å². The molecule has 0 saturated carbocycles. The molecule has 2 rings (SSSR count). The van der Waals surface area contributed by atoms with Crippen LogP contribution in [0.5, 0.6) is 11.5 Å². The molecule has 0 bridgehead atoms. The van der Waals surface area contributed by atoms with Gasteiger partial charge >= 0.3 is 0 Å². The summed E-state index contributed by atoms with van der Waals surface area (Å²) in [6.45, 7) is 1.73. The van der Waals surface area contributed by atoms with Gasteiger partial charge in [-0.2, -0.15) is 0 Å². The Kier molecular flexibility index (Phi) is 3.43. The van der Waals surface area contributed by atoms with Crippen molar-refractivity contribution in [3.05, 3.63) is 22.7 Å². The van der Waals surface area contributed by atoms with Crippen molar-refractivity contribution in [2.24, 2.45) is 4.99 Å². The van der Waals surface area contributed by atoms with Gasteiger partial charge in [-0.3, -0.25) is 9.79 Å². The molecule has 1 amide bonds. The van der Waals surface area contributed by atoms with E-state index >= 15 is 0 Å². The maximum atomic E-state index is 11.4. The monoisotopic (exact) mass is 268 g/mol. The molecule has 0 aliphatic carbocycles. The zero-order valence-electron chi connectivity index (χ0n) is 10.3. The molecule has 0 saturated heterocycles. The van der Waals surface area contributed by atoms with E-state index in [1.165, 1.54) is 14.2 Å². The molecule has 1 atom stereocenters. The molecular formula is C12H13ClN2O3. The van der Waals surface area contributed by atoms with Crippen molar-refractivity contribution < 1.29 is 14.3 Å². The van der Waals surface area contributed by atoms with Crippen molar-refractivity contribution in [2.75, 3.05) is 14.2 Å². The third-order valence-corrected chi connectivity index (χ3v) is 2.93. The van der Waals surface area contributed by atoms with Crippen molar-refractivity contribution in [2.45, 2.75) is 13.0 Å².